The summed E-state index contributed by atoms with van der Waals surface area (Å²) in [5, 5.41) is 3.78. The van der Waals surface area contributed by atoms with E-state index in [1.165, 1.54) is 24.8 Å². The third-order valence-corrected chi connectivity index (χ3v) is 4.56. The topological polar surface area (TPSA) is 53.2 Å². The van der Waals surface area contributed by atoms with Crippen LogP contribution in [0.4, 0.5) is 0 Å². The van der Waals surface area contributed by atoms with E-state index in [0.717, 1.165) is 12.8 Å². The van der Waals surface area contributed by atoms with E-state index < -0.39 is 0 Å². The molecule has 4 nitrogen and oxygen atoms in total. The molecule has 1 fully saturated rings. The molecule has 0 saturated heterocycles. The Hall–Kier alpha value is -1.62. The average molecular weight is 319 g/mol. The Kier molecular flexibility index (Phi) is 6.19. The standard InChI is InChI=1S/C17H25N3OS/c1-3-13-8-10-14(11-9-13)16(21)19-20-17(22)18-15-7-5-4-6-12(15)2/h8-12,15H,3-7H2,1-2H3,(H,19,21)(H2,18,20,22)/t12-,15-/m0/s1. The quantitative estimate of drug-likeness (QED) is 0.592. The molecule has 1 aromatic carbocycles. The Morgan fingerprint density at radius 1 is 1.18 bits per heavy atom. The van der Waals surface area contributed by atoms with E-state index >= 15 is 0 Å². The second-order valence-electron chi connectivity index (χ2n) is 5.97. The number of hydrogen-bond donors (Lipinski definition) is 3. The lowest BCUT2D eigenvalue weighted by Crippen LogP contribution is -2.51. The number of rotatable bonds is 3. The monoisotopic (exact) mass is 319 g/mol. The van der Waals surface area contributed by atoms with E-state index in [1.54, 1.807) is 0 Å². The second kappa shape index (κ2) is 8.13. The minimum atomic E-state index is -0.177. The van der Waals surface area contributed by atoms with Crippen LogP contribution in [0.3, 0.4) is 0 Å². The van der Waals surface area contributed by atoms with Gasteiger partial charge in [0.15, 0.2) is 5.11 Å². The van der Waals surface area contributed by atoms with Crippen molar-refractivity contribution in [3.8, 4) is 0 Å². The molecule has 0 aliphatic heterocycles. The van der Waals surface area contributed by atoms with Crippen LogP contribution in [-0.4, -0.2) is 17.1 Å². The maximum atomic E-state index is 12.0. The van der Waals surface area contributed by atoms with E-state index in [1.807, 2.05) is 24.3 Å². The fraction of sp³-hybridized carbons (Fsp3) is 0.529. The van der Waals surface area contributed by atoms with Gasteiger partial charge in [-0.1, -0.05) is 38.8 Å². The number of nitrogens with one attached hydrogen (secondary N) is 3. The Morgan fingerprint density at radius 2 is 1.86 bits per heavy atom. The molecule has 22 heavy (non-hydrogen) atoms. The molecule has 1 saturated carbocycles. The molecule has 0 aromatic heterocycles. The first-order valence-corrected chi connectivity index (χ1v) is 8.46. The number of carbonyl (C=O) groups excluding carboxylic acids is 1. The number of benzene rings is 1. The summed E-state index contributed by atoms with van der Waals surface area (Å²) in [6.45, 7) is 4.33. The second-order valence-corrected chi connectivity index (χ2v) is 6.38. The number of carbonyl (C=O) groups is 1. The molecule has 0 heterocycles. The van der Waals surface area contributed by atoms with E-state index in [0.29, 0.717) is 22.6 Å². The lowest BCUT2D eigenvalue weighted by molar-refractivity contribution is 0.0943. The number of thiocarbonyl (C=S) groups is 1. The predicted molar refractivity (Wildman–Crippen MR) is 93.6 cm³/mol. The van der Waals surface area contributed by atoms with Gasteiger partial charge >= 0.3 is 0 Å². The molecule has 2 atom stereocenters. The van der Waals surface area contributed by atoms with Crippen molar-refractivity contribution in [1.29, 1.82) is 0 Å². The van der Waals surface area contributed by atoms with Crippen molar-refractivity contribution in [2.24, 2.45) is 5.92 Å². The fourth-order valence-electron chi connectivity index (χ4n) is 2.81. The van der Waals surface area contributed by atoms with Crippen LogP contribution in [0, 0.1) is 5.92 Å². The summed E-state index contributed by atoms with van der Waals surface area (Å²) in [7, 11) is 0. The molecular weight excluding hydrogens is 294 g/mol. The SMILES string of the molecule is CCc1ccc(C(=O)NNC(=S)N[C@H]2CCCC[C@@H]2C)cc1. The highest BCUT2D eigenvalue weighted by atomic mass is 32.1. The molecule has 0 bridgehead atoms. The first-order valence-electron chi connectivity index (χ1n) is 8.06. The fourth-order valence-corrected chi connectivity index (χ4v) is 3.02. The Bertz CT molecular complexity index is 515. The molecule has 2 rings (SSSR count). The summed E-state index contributed by atoms with van der Waals surface area (Å²) in [6.07, 6.45) is 5.87. The van der Waals surface area contributed by atoms with Crippen molar-refractivity contribution in [2.45, 2.75) is 52.0 Å². The number of hydrazine groups is 1. The number of amides is 1. The van der Waals surface area contributed by atoms with Gasteiger partial charge in [-0.2, -0.15) is 0 Å². The van der Waals surface area contributed by atoms with Gasteiger partial charge in [-0.15, -0.1) is 0 Å². The summed E-state index contributed by atoms with van der Waals surface area (Å²) < 4.78 is 0. The van der Waals surface area contributed by atoms with Crippen molar-refractivity contribution < 1.29 is 4.79 Å². The van der Waals surface area contributed by atoms with Crippen LogP contribution in [0.1, 0.15) is 55.5 Å². The van der Waals surface area contributed by atoms with Crippen LogP contribution in [0.2, 0.25) is 0 Å². The van der Waals surface area contributed by atoms with Crippen molar-refractivity contribution in [3.05, 3.63) is 35.4 Å². The Balaban J connectivity index is 1.78. The highest BCUT2D eigenvalue weighted by Crippen LogP contribution is 2.23. The van der Waals surface area contributed by atoms with Gasteiger partial charge in [0.1, 0.15) is 0 Å². The van der Waals surface area contributed by atoms with Gasteiger partial charge in [-0.05, 0) is 55.1 Å². The van der Waals surface area contributed by atoms with Gasteiger partial charge in [0.05, 0.1) is 0 Å². The lowest BCUT2D eigenvalue weighted by atomic mass is 9.86. The van der Waals surface area contributed by atoms with Gasteiger partial charge in [0, 0.05) is 11.6 Å². The summed E-state index contributed by atoms with van der Waals surface area (Å²) in [5.41, 5.74) is 7.29. The summed E-state index contributed by atoms with van der Waals surface area (Å²) >= 11 is 5.26. The minimum absolute atomic E-state index is 0.177. The van der Waals surface area contributed by atoms with E-state index in [4.69, 9.17) is 12.2 Å². The van der Waals surface area contributed by atoms with Crippen LogP contribution < -0.4 is 16.2 Å². The average Bonchev–Trinajstić information content (AvgIpc) is 2.55. The zero-order chi connectivity index (χ0) is 15.9. The largest absolute Gasteiger partial charge is 0.358 e. The molecule has 0 spiro atoms. The molecular formula is C17H25N3OS. The first-order chi connectivity index (χ1) is 10.6. The van der Waals surface area contributed by atoms with Crippen LogP contribution >= 0.6 is 12.2 Å². The van der Waals surface area contributed by atoms with Crippen molar-refractivity contribution in [1.82, 2.24) is 16.2 Å². The third kappa shape index (κ3) is 4.70. The molecule has 5 heteroatoms. The van der Waals surface area contributed by atoms with Crippen LogP contribution in [0.15, 0.2) is 24.3 Å². The molecule has 1 amide bonds. The summed E-state index contributed by atoms with van der Waals surface area (Å²) in [4.78, 5) is 12.0. The van der Waals surface area contributed by atoms with Gasteiger partial charge in [0.2, 0.25) is 0 Å². The molecule has 1 aromatic rings. The van der Waals surface area contributed by atoms with E-state index in [-0.39, 0.29) is 5.91 Å². The smallest absolute Gasteiger partial charge is 0.269 e. The third-order valence-electron chi connectivity index (χ3n) is 4.34. The Morgan fingerprint density at radius 3 is 2.50 bits per heavy atom. The maximum Gasteiger partial charge on any atom is 0.269 e. The first kappa shape index (κ1) is 16.7. The van der Waals surface area contributed by atoms with Crippen molar-refractivity contribution >= 4 is 23.2 Å². The summed E-state index contributed by atoms with van der Waals surface area (Å²) in [6, 6.07) is 7.99. The molecule has 0 radical (unpaired) electrons. The molecule has 120 valence electrons. The van der Waals surface area contributed by atoms with Crippen LogP contribution in [-0.2, 0) is 6.42 Å². The van der Waals surface area contributed by atoms with E-state index in [9.17, 15) is 4.79 Å². The zero-order valence-electron chi connectivity index (χ0n) is 13.3. The molecule has 1 aliphatic rings. The van der Waals surface area contributed by atoms with E-state index in [2.05, 4.69) is 30.0 Å². The molecule has 1 aliphatic carbocycles. The van der Waals surface area contributed by atoms with Crippen molar-refractivity contribution in [2.75, 3.05) is 0 Å². The number of aryl methyl sites for hydroxylation is 1. The Labute approximate surface area is 138 Å². The number of hydrogen-bond acceptors (Lipinski definition) is 2. The highest BCUT2D eigenvalue weighted by molar-refractivity contribution is 7.80. The lowest BCUT2D eigenvalue weighted by Gasteiger charge is -2.30. The molecule has 3 N–H and O–H groups in total. The zero-order valence-corrected chi connectivity index (χ0v) is 14.1. The van der Waals surface area contributed by atoms with Gasteiger partial charge in [-0.3, -0.25) is 15.6 Å². The van der Waals surface area contributed by atoms with Crippen molar-refractivity contribution in [3.63, 3.8) is 0 Å². The van der Waals surface area contributed by atoms with Gasteiger partial charge in [-0.25, -0.2) is 0 Å². The van der Waals surface area contributed by atoms with Gasteiger partial charge in [0.25, 0.3) is 5.91 Å². The molecule has 0 unspecified atom stereocenters. The summed E-state index contributed by atoms with van der Waals surface area (Å²) in [5.74, 6) is 0.439. The van der Waals surface area contributed by atoms with Gasteiger partial charge < -0.3 is 5.32 Å². The van der Waals surface area contributed by atoms with Crippen LogP contribution in [0.5, 0.6) is 0 Å². The normalized spacial score (nSPS) is 21.0. The highest BCUT2D eigenvalue weighted by Gasteiger charge is 2.21. The van der Waals surface area contributed by atoms with Crippen LogP contribution in [0.25, 0.3) is 0 Å². The minimum Gasteiger partial charge on any atom is -0.358 e. The predicted octanol–water partition coefficient (Wildman–Crippen LogP) is 2.94. The maximum absolute atomic E-state index is 12.0.